The first-order valence-corrected chi connectivity index (χ1v) is 10.3. The van der Waals surface area contributed by atoms with Crippen LogP contribution in [0.25, 0.3) is 0 Å². The molecule has 3 aromatic heterocycles. The predicted molar refractivity (Wildman–Crippen MR) is 107 cm³/mol. The van der Waals surface area contributed by atoms with Crippen LogP contribution in [0.3, 0.4) is 0 Å². The standard InChI is InChI=1S/C21H24N4OS/c1-2-18-5-6-19(27-18)21(26)24-11-7-17(8-12-24)20-23-10-13-25(20)15-16-4-3-9-22-14-16/h3-6,9-10,13-14,17H,2,7-8,11-12,15H2,1H3. The van der Waals surface area contributed by atoms with E-state index in [1.165, 1.54) is 10.4 Å². The van der Waals surface area contributed by atoms with Crippen LogP contribution in [-0.2, 0) is 13.0 Å². The molecule has 4 heterocycles. The summed E-state index contributed by atoms with van der Waals surface area (Å²) >= 11 is 1.62. The zero-order valence-electron chi connectivity index (χ0n) is 15.5. The van der Waals surface area contributed by atoms with Crippen molar-refractivity contribution in [3.63, 3.8) is 0 Å². The Bertz CT molecular complexity index is 894. The minimum absolute atomic E-state index is 0.178. The number of hydrogen-bond acceptors (Lipinski definition) is 4. The van der Waals surface area contributed by atoms with Gasteiger partial charge in [0.15, 0.2) is 0 Å². The van der Waals surface area contributed by atoms with Crippen LogP contribution in [0.5, 0.6) is 0 Å². The summed E-state index contributed by atoms with van der Waals surface area (Å²) in [5.41, 5.74) is 1.17. The number of aromatic nitrogens is 3. The molecule has 0 aliphatic carbocycles. The van der Waals surface area contributed by atoms with Crippen molar-refractivity contribution >= 4 is 17.2 Å². The molecular formula is C21H24N4OS. The van der Waals surface area contributed by atoms with Gasteiger partial charge in [0, 0.05) is 48.7 Å². The van der Waals surface area contributed by atoms with Crippen LogP contribution in [0.1, 0.15) is 51.6 Å². The quantitative estimate of drug-likeness (QED) is 0.673. The Labute approximate surface area is 163 Å². The Morgan fingerprint density at radius 3 is 2.78 bits per heavy atom. The summed E-state index contributed by atoms with van der Waals surface area (Å²) in [6, 6.07) is 8.09. The zero-order chi connectivity index (χ0) is 18.6. The number of thiophene rings is 1. The molecule has 1 saturated heterocycles. The number of aryl methyl sites for hydroxylation is 1. The van der Waals surface area contributed by atoms with Crippen LogP contribution in [-0.4, -0.2) is 38.4 Å². The fourth-order valence-corrected chi connectivity index (χ4v) is 4.60. The lowest BCUT2D eigenvalue weighted by atomic mass is 9.95. The number of nitrogens with zero attached hydrogens (tertiary/aromatic N) is 4. The fourth-order valence-electron chi connectivity index (χ4n) is 3.68. The van der Waals surface area contributed by atoms with E-state index in [0.29, 0.717) is 5.92 Å². The van der Waals surface area contributed by atoms with Gasteiger partial charge in [-0.25, -0.2) is 4.98 Å². The molecule has 1 aliphatic heterocycles. The summed E-state index contributed by atoms with van der Waals surface area (Å²) in [5, 5.41) is 0. The van der Waals surface area contributed by atoms with Gasteiger partial charge < -0.3 is 9.47 Å². The molecular weight excluding hydrogens is 356 g/mol. The molecule has 0 N–H and O–H groups in total. The third-order valence-electron chi connectivity index (χ3n) is 5.19. The predicted octanol–water partition coefficient (Wildman–Crippen LogP) is 3.97. The summed E-state index contributed by atoms with van der Waals surface area (Å²) < 4.78 is 2.21. The summed E-state index contributed by atoms with van der Waals surface area (Å²) in [4.78, 5) is 25.7. The van der Waals surface area contributed by atoms with Crippen molar-refractivity contribution in [2.75, 3.05) is 13.1 Å². The maximum Gasteiger partial charge on any atom is 0.263 e. The van der Waals surface area contributed by atoms with Crippen molar-refractivity contribution in [3.8, 4) is 0 Å². The maximum atomic E-state index is 12.7. The van der Waals surface area contributed by atoms with Gasteiger partial charge in [-0.2, -0.15) is 0 Å². The number of likely N-dealkylation sites (tertiary alicyclic amines) is 1. The van der Waals surface area contributed by atoms with Gasteiger partial charge in [0.25, 0.3) is 5.91 Å². The molecule has 1 fully saturated rings. The Hall–Kier alpha value is -2.47. The first-order valence-electron chi connectivity index (χ1n) is 9.52. The lowest BCUT2D eigenvalue weighted by Crippen LogP contribution is -2.38. The van der Waals surface area contributed by atoms with Crippen LogP contribution in [0.15, 0.2) is 49.1 Å². The first-order chi connectivity index (χ1) is 13.2. The van der Waals surface area contributed by atoms with Crippen LogP contribution >= 0.6 is 11.3 Å². The summed E-state index contributed by atoms with van der Waals surface area (Å²) in [5.74, 6) is 1.70. The van der Waals surface area contributed by atoms with Gasteiger partial charge in [-0.05, 0) is 43.0 Å². The van der Waals surface area contributed by atoms with Gasteiger partial charge in [-0.3, -0.25) is 9.78 Å². The molecule has 0 bridgehead atoms. The Kier molecular flexibility index (Phi) is 5.34. The largest absolute Gasteiger partial charge is 0.338 e. The first kappa shape index (κ1) is 17.9. The van der Waals surface area contributed by atoms with Gasteiger partial charge in [-0.1, -0.05) is 13.0 Å². The molecule has 0 radical (unpaired) electrons. The molecule has 0 atom stereocenters. The number of hydrogen-bond donors (Lipinski definition) is 0. The average molecular weight is 381 g/mol. The highest BCUT2D eigenvalue weighted by Gasteiger charge is 2.27. The SMILES string of the molecule is CCc1ccc(C(=O)N2CCC(c3nccn3Cc3cccnc3)CC2)s1. The van der Waals surface area contributed by atoms with Gasteiger partial charge >= 0.3 is 0 Å². The molecule has 5 nitrogen and oxygen atoms in total. The van der Waals surface area contributed by atoms with E-state index in [2.05, 4.69) is 33.6 Å². The number of carbonyl (C=O) groups is 1. The van der Waals surface area contributed by atoms with Crippen molar-refractivity contribution < 1.29 is 4.79 Å². The van der Waals surface area contributed by atoms with E-state index in [1.807, 2.05) is 35.6 Å². The number of imidazole rings is 1. The Balaban J connectivity index is 1.40. The van der Waals surface area contributed by atoms with E-state index in [1.54, 1.807) is 17.5 Å². The van der Waals surface area contributed by atoms with Crippen LogP contribution in [0, 0.1) is 0 Å². The van der Waals surface area contributed by atoms with Crippen molar-refractivity contribution in [2.45, 2.75) is 38.6 Å². The highest BCUT2D eigenvalue weighted by atomic mass is 32.1. The van der Waals surface area contributed by atoms with E-state index in [-0.39, 0.29) is 5.91 Å². The topological polar surface area (TPSA) is 51.0 Å². The average Bonchev–Trinajstić information content (AvgIpc) is 3.38. The Morgan fingerprint density at radius 2 is 2.07 bits per heavy atom. The summed E-state index contributed by atoms with van der Waals surface area (Å²) in [6.07, 6.45) is 10.5. The van der Waals surface area contributed by atoms with E-state index in [9.17, 15) is 4.79 Å². The second kappa shape index (κ2) is 8.05. The minimum atomic E-state index is 0.178. The van der Waals surface area contributed by atoms with Crippen molar-refractivity contribution in [2.24, 2.45) is 0 Å². The highest BCUT2D eigenvalue weighted by molar-refractivity contribution is 7.14. The molecule has 3 aromatic rings. The zero-order valence-corrected chi connectivity index (χ0v) is 16.4. The summed E-state index contributed by atoms with van der Waals surface area (Å²) in [7, 11) is 0. The van der Waals surface area contributed by atoms with Gasteiger partial charge in [-0.15, -0.1) is 11.3 Å². The molecule has 0 unspecified atom stereocenters. The summed E-state index contributed by atoms with van der Waals surface area (Å²) in [6.45, 7) is 4.50. The molecule has 4 rings (SSSR count). The van der Waals surface area contributed by atoms with Crippen LogP contribution in [0.2, 0.25) is 0 Å². The lowest BCUT2D eigenvalue weighted by molar-refractivity contribution is 0.0715. The fraction of sp³-hybridized carbons (Fsp3) is 0.381. The number of pyridine rings is 1. The number of piperidine rings is 1. The van der Waals surface area contributed by atoms with Crippen molar-refractivity contribution in [3.05, 3.63) is 70.2 Å². The maximum absolute atomic E-state index is 12.7. The molecule has 0 spiro atoms. The minimum Gasteiger partial charge on any atom is -0.338 e. The smallest absolute Gasteiger partial charge is 0.263 e. The molecule has 0 aromatic carbocycles. The molecule has 6 heteroatoms. The molecule has 27 heavy (non-hydrogen) atoms. The van der Waals surface area contributed by atoms with Gasteiger partial charge in [0.2, 0.25) is 0 Å². The van der Waals surface area contributed by atoms with Crippen LogP contribution < -0.4 is 0 Å². The van der Waals surface area contributed by atoms with Crippen molar-refractivity contribution in [1.29, 1.82) is 0 Å². The molecule has 0 saturated carbocycles. The van der Waals surface area contributed by atoms with E-state index in [0.717, 1.165) is 49.6 Å². The molecule has 140 valence electrons. The van der Waals surface area contributed by atoms with Gasteiger partial charge in [0.05, 0.1) is 11.4 Å². The molecule has 1 aliphatic rings. The highest BCUT2D eigenvalue weighted by Crippen LogP contribution is 2.29. The third-order valence-corrected chi connectivity index (χ3v) is 6.41. The lowest BCUT2D eigenvalue weighted by Gasteiger charge is -2.31. The van der Waals surface area contributed by atoms with E-state index < -0.39 is 0 Å². The Morgan fingerprint density at radius 1 is 1.22 bits per heavy atom. The normalized spacial score (nSPS) is 15.2. The number of carbonyl (C=O) groups excluding carboxylic acids is 1. The monoisotopic (exact) mass is 380 g/mol. The second-order valence-corrected chi connectivity index (χ2v) is 8.13. The number of rotatable bonds is 5. The van der Waals surface area contributed by atoms with Gasteiger partial charge in [0.1, 0.15) is 5.82 Å². The third kappa shape index (κ3) is 3.95. The van der Waals surface area contributed by atoms with Crippen molar-refractivity contribution in [1.82, 2.24) is 19.4 Å². The van der Waals surface area contributed by atoms with Crippen LogP contribution in [0.4, 0.5) is 0 Å². The second-order valence-electron chi connectivity index (χ2n) is 6.96. The van der Waals surface area contributed by atoms with E-state index in [4.69, 9.17) is 0 Å². The molecule has 1 amide bonds. The van der Waals surface area contributed by atoms with E-state index >= 15 is 0 Å². The number of amides is 1.